The Morgan fingerprint density at radius 3 is 2.29 bits per heavy atom. The second-order valence-corrected chi connectivity index (χ2v) is 2.69. The average molecular weight is 200 g/mol. The maximum atomic E-state index is 11.1. The number of rotatable bonds is 1. The Morgan fingerprint density at radius 2 is 1.79 bits per heavy atom. The van der Waals surface area contributed by atoms with Gasteiger partial charge in [0.05, 0.1) is 0 Å². The van der Waals surface area contributed by atoms with Crippen LogP contribution >= 0.6 is 0 Å². The molecule has 14 heavy (non-hydrogen) atoms. The zero-order valence-electron chi connectivity index (χ0n) is 7.69. The van der Waals surface area contributed by atoms with Crippen LogP contribution in [-0.4, -0.2) is 12.0 Å². The third kappa shape index (κ3) is 2.15. The molecule has 1 aliphatic heterocycles. The molecule has 0 saturated carbocycles. The Kier molecular flexibility index (Phi) is 3.69. The van der Waals surface area contributed by atoms with Crippen molar-refractivity contribution in [2.75, 3.05) is 0 Å². The molecular formula is C9H7NNaO3+. The number of cyclic esters (lactones) is 1. The first kappa shape index (κ1) is 11.2. The molecule has 1 atom stereocenters. The molecular weight excluding hydrogens is 193 g/mol. The molecule has 0 spiro atoms. The molecule has 4 nitrogen and oxygen atoms in total. The summed E-state index contributed by atoms with van der Waals surface area (Å²) in [6, 6.07) is 8.88. The quantitative estimate of drug-likeness (QED) is 0.533. The van der Waals surface area contributed by atoms with Gasteiger partial charge in [-0.25, -0.2) is 4.79 Å². The van der Waals surface area contributed by atoms with Gasteiger partial charge in [0.25, 0.3) is 5.91 Å². The van der Waals surface area contributed by atoms with Crippen molar-refractivity contribution in [2.24, 2.45) is 0 Å². The number of hydrogen-bond donors (Lipinski definition) is 1. The Morgan fingerprint density at radius 1 is 1.14 bits per heavy atom. The third-order valence-corrected chi connectivity index (χ3v) is 1.79. The van der Waals surface area contributed by atoms with Gasteiger partial charge in [-0.2, -0.15) is 0 Å². The molecule has 1 aromatic rings. The summed E-state index contributed by atoms with van der Waals surface area (Å²) >= 11 is 0. The van der Waals surface area contributed by atoms with Gasteiger partial charge in [0, 0.05) is 5.56 Å². The van der Waals surface area contributed by atoms with E-state index >= 15 is 0 Å². The molecule has 2 amide bonds. The first-order valence-electron chi connectivity index (χ1n) is 3.84. The number of amides is 2. The standard InChI is InChI=1S/C9H7NO3.Na/c11-8-7(13-9(12)10-8)6-4-2-1-3-5-6;/h1-5,7H,(H,10,11,12);/q;+1. The summed E-state index contributed by atoms with van der Waals surface area (Å²) in [5.74, 6) is -0.406. The largest absolute Gasteiger partial charge is 1.00 e. The zero-order chi connectivity index (χ0) is 9.26. The average Bonchev–Trinajstić information content (AvgIpc) is 2.47. The molecule has 0 bridgehead atoms. The summed E-state index contributed by atoms with van der Waals surface area (Å²) in [5, 5.41) is 2.07. The van der Waals surface area contributed by atoms with Crippen LogP contribution in [0.2, 0.25) is 0 Å². The van der Waals surface area contributed by atoms with Crippen LogP contribution in [0.1, 0.15) is 11.7 Å². The second-order valence-electron chi connectivity index (χ2n) is 2.69. The van der Waals surface area contributed by atoms with Gasteiger partial charge in [0.1, 0.15) is 0 Å². The maximum Gasteiger partial charge on any atom is 1.00 e. The molecule has 1 fully saturated rings. The van der Waals surface area contributed by atoms with Crippen LogP contribution < -0.4 is 34.9 Å². The smallest absolute Gasteiger partial charge is 0.431 e. The van der Waals surface area contributed by atoms with Crippen molar-refractivity contribution in [1.29, 1.82) is 0 Å². The molecule has 1 saturated heterocycles. The van der Waals surface area contributed by atoms with Crippen LogP contribution in [0.15, 0.2) is 30.3 Å². The first-order chi connectivity index (χ1) is 6.27. The van der Waals surface area contributed by atoms with E-state index in [1.165, 1.54) is 0 Å². The van der Waals surface area contributed by atoms with E-state index in [2.05, 4.69) is 5.32 Å². The molecule has 0 aliphatic carbocycles. The van der Waals surface area contributed by atoms with Gasteiger partial charge in [-0.15, -0.1) is 0 Å². The zero-order valence-corrected chi connectivity index (χ0v) is 9.69. The molecule has 0 radical (unpaired) electrons. The fourth-order valence-corrected chi connectivity index (χ4v) is 1.20. The monoisotopic (exact) mass is 200 g/mol. The van der Waals surface area contributed by atoms with Gasteiger partial charge >= 0.3 is 35.7 Å². The van der Waals surface area contributed by atoms with Gasteiger partial charge in [-0.05, 0) is 0 Å². The molecule has 5 heteroatoms. The number of imide groups is 1. The van der Waals surface area contributed by atoms with Crippen LogP contribution in [0, 0.1) is 0 Å². The van der Waals surface area contributed by atoms with Crippen LogP contribution in [0.5, 0.6) is 0 Å². The number of alkyl carbamates (subject to hydrolysis) is 1. The van der Waals surface area contributed by atoms with E-state index in [-0.39, 0.29) is 29.6 Å². The van der Waals surface area contributed by atoms with Crippen LogP contribution in [0.3, 0.4) is 0 Å². The number of carbonyl (C=O) groups is 2. The minimum absolute atomic E-state index is 0. The van der Waals surface area contributed by atoms with E-state index in [1.54, 1.807) is 24.3 Å². The summed E-state index contributed by atoms with van der Waals surface area (Å²) < 4.78 is 4.76. The van der Waals surface area contributed by atoms with Crippen LogP contribution in [-0.2, 0) is 9.53 Å². The van der Waals surface area contributed by atoms with Gasteiger partial charge in [-0.1, -0.05) is 30.3 Å². The number of hydrogen-bond acceptors (Lipinski definition) is 3. The molecule has 1 N–H and O–H groups in total. The van der Waals surface area contributed by atoms with Crippen molar-refractivity contribution in [1.82, 2.24) is 5.32 Å². The molecule has 1 aliphatic rings. The fourth-order valence-electron chi connectivity index (χ4n) is 1.20. The topological polar surface area (TPSA) is 55.4 Å². The minimum atomic E-state index is -0.784. The molecule has 66 valence electrons. The van der Waals surface area contributed by atoms with Crippen molar-refractivity contribution >= 4 is 12.0 Å². The molecule has 1 aromatic carbocycles. The summed E-state index contributed by atoms with van der Waals surface area (Å²) in [4.78, 5) is 21.8. The Bertz CT molecular complexity index is 352. The Labute approximate surface area is 103 Å². The summed E-state index contributed by atoms with van der Waals surface area (Å²) in [5.41, 5.74) is 0.686. The van der Waals surface area contributed by atoms with Crippen LogP contribution in [0.4, 0.5) is 4.79 Å². The maximum absolute atomic E-state index is 11.1. The summed E-state index contributed by atoms with van der Waals surface area (Å²) in [6.07, 6.45) is -1.47. The minimum Gasteiger partial charge on any atom is -0.431 e. The molecule has 2 rings (SSSR count). The SMILES string of the molecule is O=C1NC(=O)C(c2ccccc2)O1.[Na+]. The van der Waals surface area contributed by atoms with E-state index in [1.807, 2.05) is 6.07 Å². The van der Waals surface area contributed by atoms with Gasteiger partial charge < -0.3 is 4.74 Å². The fraction of sp³-hybridized carbons (Fsp3) is 0.111. The van der Waals surface area contributed by atoms with E-state index in [0.717, 1.165) is 0 Å². The predicted octanol–water partition coefficient (Wildman–Crippen LogP) is -2.00. The van der Waals surface area contributed by atoms with Crippen LogP contribution in [0.25, 0.3) is 0 Å². The number of nitrogens with one attached hydrogen (secondary N) is 1. The Balaban J connectivity index is 0.000000980. The number of benzene rings is 1. The molecule has 1 heterocycles. The van der Waals surface area contributed by atoms with E-state index in [0.29, 0.717) is 5.56 Å². The predicted molar refractivity (Wildman–Crippen MR) is 43.8 cm³/mol. The van der Waals surface area contributed by atoms with Gasteiger partial charge in [0.2, 0.25) is 6.10 Å². The molecule has 1 unspecified atom stereocenters. The van der Waals surface area contributed by atoms with Crippen molar-refractivity contribution in [3.63, 3.8) is 0 Å². The summed E-state index contributed by atoms with van der Waals surface area (Å²) in [6.45, 7) is 0. The van der Waals surface area contributed by atoms with Gasteiger partial charge in [0.15, 0.2) is 0 Å². The molecule has 0 aromatic heterocycles. The normalized spacial score (nSPS) is 19.6. The van der Waals surface area contributed by atoms with E-state index in [9.17, 15) is 9.59 Å². The number of carbonyl (C=O) groups excluding carboxylic acids is 2. The van der Waals surface area contributed by atoms with Crippen molar-refractivity contribution < 1.29 is 43.9 Å². The Hall–Kier alpha value is -0.840. The van der Waals surface area contributed by atoms with Crippen molar-refractivity contribution in [2.45, 2.75) is 6.10 Å². The van der Waals surface area contributed by atoms with Crippen molar-refractivity contribution in [3.05, 3.63) is 35.9 Å². The van der Waals surface area contributed by atoms with Gasteiger partial charge in [-0.3, -0.25) is 10.1 Å². The van der Waals surface area contributed by atoms with E-state index < -0.39 is 18.1 Å². The third-order valence-electron chi connectivity index (χ3n) is 1.79. The second kappa shape index (κ2) is 4.59. The number of ether oxygens (including phenoxy) is 1. The van der Waals surface area contributed by atoms with E-state index in [4.69, 9.17) is 4.74 Å². The first-order valence-corrected chi connectivity index (χ1v) is 3.84. The summed E-state index contributed by atoms with van der Waals surface area (Å²) in [7, 11) is 0. The van der Waals surface area contributed by atoms with Crippen molar-refractivity contribution in [3.8, 4) is 0 Å².